The van der Waals surface area contributed by atoms with Crippen molar-refractivity contribution in [2.75, 3.05) is 13.1 Å². The van der Waals surface area contributed by atoms with Gasteiger partial charge in [-0.15, -0.1) is 0 Å². The molecule has 0 bridgehead atoms. The molecule has 1 nitrogen and oxygen atoms in total. The molecule has 21 heavy (non-hydrogen) atoms. The fourth-order valence-electron chi connectivity index (χ4n) is 2.43. The summed E-state index contributed by atoms with van der Waals surface area (Å²) in [5.41, 5.74) is 2.56. The van der Waals surface area contributed by atoms with Crippen molar-refractivity contribution in [3.05, 3.63) is 69.2 Å². The van der Waals surface area contributed by atoms with Crippen LogP contribution in [0.1, 0.15) is 30.4 Å². The van der Waals surface area contributed by atoms with Crippen molar-refractivity contribution in [3.8, 4) is 0 Å². The van der Waals surface area contributed by atoms with Crippen LogP contribution in [0.2, 0.25) is 5.02 Å². The van der Waals surface area contributed by atoms with E-state index in [1.807, 2.05) is 12.1 Å². The molecule has 1 unspecified atom stereocenters. The van der Waals surface area contributed by atoms with E-state index >= 15 is 0 Å². The van der Waals surface area contributed by atoms with Gasteiger partial charge in [-0.1, -0.05) is 64.8 Å². The number of rotatable bonds is 7. The Morgan fingerprint density at radius 3 is 2.48 bits per heavy atom. The normalized spacial score (nSPS) is 12.3. The molecule has 1 N–H and O–H groups in total. The Balaban J connectivity index is 2.15. The molecule has 0 amide bonds. The van der Waals surface area contributed by atoms with E-state index in [4.69, 9.17) is 11.6 Å². The van der Waals surface area contributed by atoms with Gasteiger partial charge in [-0.25, -0.2) is 0 Å². The third kappa shape index (κ3) is 5.14. The van der Waals surface area contributed by atoms with Gasteiger partial charge in [0.25, 0.3) is 0 Å². The van der Waals surface area contributed by atoms with Gasteiger partial charge in [-0.3, -0.25) is 0 Å². The Morgan fingerprint density at radius 2 is 1.81 bits per heavy atom. The van der Waals surface area contributed by atoms with Crippen LogP contribution in [0.3, 0.4) is 0 Å². The highest BCUT2D eigenvalue weighted by Crippen LogP contribution is 2.26. The molecule has 0 spiro atoms. The molecule has 0 aromatic heterocycles. The Hall–Kier alpha value is -0.830. The van der Waals surface area contributed by atoms with Gasteiger partial charge >= 0.3 is 0 Å². The van der Waals surface area contributed by atoms with Crippen molar-refractivity contribution in [3.63, 3.8) is 0 Å². The average Bonchev–Trinajstić information content (AvgIpc) is 2.49. The minimum absolute atomic E-state index is 0.435. The van der Waals surface area contributed by atoms with Gasteiger partial charge in [-0.2, -0.15) is 0 Å². The first-order valence-electron chi connectivity index (χ1n) is 7.40. The Labute approximate surface area is 140 Å². The van der Waals surface area contributed by atoms with E-state index in [1.165, 1.54) is 11.1 Å². The molecule has 0 heterocycles. The summed E-state index contributed by atoms with van der Waals surface area (Å²) < 4.78 is 1.12. The number of nitrogens with one attached hydrogen (secondary N) is 1. The molecule has 3 heteroatoms. The smallest absolute Gasteiger partial charge is 0.0438 e. The predicted molar refractivity (Wildman–Crippen MR) is 95.2 cm³/mol. The van der Waals surface area contributed by atoms with Gasteiger partial charge in [0.2, 0.25) is 0 Å². The lowest BCUT2D eigenvalue weighted by molar-refractivity contribution is 0.576. The first kappa shape index (κ1) is 16.5. The Kier molecular flexibility index (Phi) is 6.75. The minimum atomic E-state index is 0.435. The maximum absolute atomic E-state index is 6.31. The van der Waals surface area contributed by atoms with Crippen LogP contribution < -0.4 is 5.32 Å². The zero-order valence-electron chi connectivity index (χ0n) is 12.3. The molecular formula is C18H21BrClN. The molecule has 0 saturated carbocycles. The number of hydrogen-bond donors (Lipinski definition) is 1. The summed E-state index contributed by atoms with van der Waals surface area (Å²) in [7, 11) is 0. The van der Waals surface area contributed by atoms with E-state index in [-0.39, 0.29) is 0 Å². The molecule has 1 atom stereocenters. The van der Waals surface area contributed by atoms with Crippen LogP contribution in [0.4, 0.5) is 0 Å². The highest BCUT2D eigenvalue weighted by molar-refractivity contribution is 9.10. The van der Waals surface area contributed by atoms with E-state index in [0.29, 0.717) is 5.92 Å². The van der Waals surface area contributed by atoms with Crippen LogP contribution in [0.5, 0.6) is 0 Å². The maximum atomic E-state index is 6.31. The molecule has 2 aromatic carbocycles. The fourth-order valence-corrected chi connectivity index (χ4v) is 2.90. The minimum Gasteiger partial charge on any atom is -0.316 e. The summed E-state index contributed by atoms with van der Waals surface area (Å²) in [4.78, 5) is 0. The molecule has 2 aromatic rings. The topological polar surface area (TPSA) is 12.0 Å². The maximum Gasteiger partial charge on any atom is 0.0438 e. The van der Waals surface area contributed by atoms with Crippen molar-refractivity contribution in [1.82, 2.24) is 5.32 Å². The van der Waals surface area contributed by atoms with Gasteiger partial charge in [0, 0.05) is 22.0 Å². The second-order valence-corrected chi connectivity index (χ2v) is 6.57. The lowest BCUT2D eigenvalue weighted by atomic mass is 9.92. The number of hydrogen-bond acceptors (Lipinski definition) is 1. The Bertz CT molecular complexity index is 553. The van der Waals surface area contributed by atoms with Crippen molar-refractivity contribution in [2.24, 2.45) is 0 Å². The zero-order chi connectivity index (χ0) is 15.1. The predicted octanol–water partition coefficient (Wildman–Crippen LogP) is 5.43. The lowest BCUT2D eigenvalue weighted by Gasteiger charge is -2.19. The molecule has 112 valence electrons. The fraction of sp³-hybridized carbons (Fsp3) is 0.333. The van der Waals surface area contributed by atoms with Gasteiger partial charge in [0.15, 0.2) is 0 Å². The largest absolute Gasteiger partial charge is 0.316 e. The monoisotopic (exact) mass is 365 g/mol. The van der Waals surface area contributed by atoms with Crippen LogP contribution in [0.25, 0.3) is 0 Å². The number of halogens is 2. The summed E-state index contributed by atoms with van der Waals surface area (Å²) in [5, 5.41) is 4.39. The lowest BCUT2D eigenvalue weighted by Crippen LogP contribution is -2.23. The van der Waals surface area contributed by atoms with Gasteiger partial charge < -0.3 is 5.32 Å². The molecule has 0 aliphatic heterocycles. The van der Waals surface area contributed by atoms with Crippen LogP contribution in [-0.2, 0) is 6.42 Å². The first-order chi connectivity index (χ1) is 10.2. The van der Waals surface area contributed by atoms with Gasteiger partial charge in [0.05, 0.1) is 0 Å². The van der Waals surface area contributed by atoms with Crippen molar-refractivity contribution < 1.29 is 0 Å². The van der Waals surface area contributed by atoms with Crippen LogP contribution >= 0.6 is 27.5 Å². The van der Waals surface area contributed by atoms with E-state index < -0.39 is 0 Å². The Morgan fingerprint density at radius 1 is 1.10 bits per heavy atom. The summed E-state index contributed by atoms with van der Waals surface area (Å²) in [5.74, 6) is 0.435. The highest BCUT2D eigenvalue weighted by atomic mass is 79.9. The highest BCUT2D eigenvalue weighted by Gasteiger charge is 2.13. The quantitative estimate of drug-likeness (QED) is 0.644. The van der Waals surface area contributed by atoms with Crippen molar-refractivity contribution in [2.45, 2.75) is 25.7 Å². The average molecular weight is 367 g/mol. The molecule has 0 aliphatic carbocycles. The summed E-state index contributed by atoms with van der Waals surface area (Å²) in [6, 6.07) is 16.7. The molecule has 0 fully saturated rings. The molecule has 0 aliphatic rings. The number of benzene rings is 2. The van der Waals surface area contributed by atoms with Gasteiger partial charge in [-0.05, 0) is 48.7 Å². The summed E-state index contributed by atoms with van der Waals surface area (Å²) >= 11 is 9.81. The van der Waals surface area contributed by atoms with Crippen LogP contribution in [0.15, 0.2) is 53.0 Å². The SMILES string of the molecule is CCCNCC(Cc1ccccc1Cl)c1ccc(Br)cc1. The molecule has 2 rings (SSSR count). The third-order valence-electron chi connectivity index (χ3n) is 3.58. The second kappa shape index (κ2) is 8.57. The van der Waals surface area contributed by atoms with Gasteiger partial charge in [0.1, 0.15) is 0 Å². The van der Waals surface area contributed by atoms with Crippen molar-refractivity contribution >= 4 is 27.5 Å². The summed E-state index contributed by atoms with van der Waals surface area (Å²) in [6.07, 6.45) is 2.11. The third-order valence-corrected chi connectivity index (χ3v) is 4.48. The van der Waals surface area contributed by atoms with Crippen LogP contribution in [0, 0.1) is 0 Å². The summed E-state index contributed by atoms with van der Waals surface area (Å²) in [6.45, 7) is 4.21. The van der Waals surface area contributed by atoms with E-state index in [0.717, 1.165) is 35.4 Å². The van der Waals surface area contributed by atoms with E-state index in [1.54, 1.807) is 0 Å². The van der Waals surface area contributed by atoms with E-state index in [9.17, 15) is 0 Å². The van der Waals surface area contributed by atoms with Crippen LogP contribution in [-0.4, -0.2) is 13.1 Å². The molecule has 0 saturated heterocycles. The van der Waals surface area contributed by atoms with Crippen molar-refractivity contribution in [1.29, 1.82) is 0 Å². The molecule has 0 radical (unpaired) electrons. The second-order valence-electron chi connectivity index (χ2n) is 5.25. The zero-order valence-corrected chi connectivity index (χ0v) is 14.6. The molecular weight excluding hydrogens is 346 g/mol. The first-order valence-corrected chi connectivity index (χ1v) is 8.57. The standard InChI is InChI=1S/C18H21BrClN/c1-2-11-21-13-16(14-7-9-17(19)10-8-14)12-15-5-3-4-6-18(15)20/h3-10,16,21H,2,11-13H2,1H3. The van der Waals surface area contributed by atoms with E-state index in [2.05, 4.69) is 64.6 Å².